The largest absolute Gasteiger partial charge is 0.478 e. The Labute approximate surface area is 163 Å². The van der Waals surface area contributed by atoms with Crippen LogP contribution in [-0.2, 0) is 14.4 Å². The number of aliphatic carboxylic acids is 1. The Kier molecular flexibility index (Phi) is 7.28. The van der Waals surface area contributed by atoms with E-state index in [0.717, 1.165) is 17.0 Å². The molecular formula is C18H15N3O6S. The molecule has 0 heterocycles. The van der Waals surface area contributed by atoms with Crippen molar-refractivity contribution in [3.63, 3.8) is 0 Å². The lowest BCUT2D eigenvalue weighted by Crippen LogP contribution is -2.14. The SMILES string of the molecule is O=C(O)/C=C/C(=O)Nc1cccc(SCC(=O)Nc2ccc([N+](=O)[O-])cc2)c1. The molecule has 9 nitrogen and oxygen atoms in total. The van der Waals surface area contributed by atoms with Gasteiger partial charge in [-0.2, -0.15) is 0 Å². The van der Waals surface area contributed by atoms with E-state index in [0.29, 0.717) is 11.4 Å². The molecule has 0 spiro atoms. The summed E-state index contributed by atoms with van der Waals surface area (Å²) in [5.74, 6) is -2.01. The molecule has 2 rings (SSSR count). The van der Waals surface area contributed by atoms with E-state index < -0.39 is 16.8 Å². The topological polar surface area (TPSA) is 139 Å². The number of hydrogen-bond donors (Lipinski definition) is 3. The number of benzene rings is 2. The van der Waals surface area contributed by atoms with E-state index >= 15 is 0 Å². The first-order valence-corrected chi connectivity index (χ1v) is 8.81. The normalized spacial score (nSPS) is 10.4. The third-order valence-electron chi connectivity index (χ3n) is 3.21. The van der Waals surface area contributed by atoms with Crippen LogP contribution in [0.5, 0.6) is 0 Å². The van der Waals surface area contributed by atoms with Crippen molar-refractivity contribution in [3.05, 3.63) is 70.8 Å². The van der Waals surface area contributed by atoms with Gasteiger partial charge in [0, 0.05) is 40.6 Å². The summed E-state index contributed by atoms with van der Waals surface area (Å²) >= 11 is 1.23. The summed E-state index contributed by atoms with van der Waals surface area (Å²) in [5.41, 5.74) is 0.840. The molecule has 0 atom stereocenters. The van der Waals surface area contributed by atoms with Gasteiger partial charge in [0.05, 0.1) is 10.7 Å². The number of nitrogens with zero attached hydrogens (tertiary/aromatic N) is 1. The first-order chi connectivity index (χ1) is 13.3. The van der Waals surface area contributed by atoms with E-state index in [2.05, 4.69) is 10.6 Å². The molecule has 0 unspecified atom stereocenters. The van der Waals surface area contributed by atoms with Gasteiger partial charge in [-0.25, -0.2) is 4.79 Å². The number of anilines is 2. The minimum Gasteiger partial charge on any atom is -0.478 e. The molecule has 0 saturated carbocycles. The van der Waals surface area contributed by atoms with Crippen molar-refractivity contribution < 1.29 is 24.4 Å². The van der Waals surface area contributed by atoms with E-state index in [1.807, 2.05) is 0 Å². The lowest BCUT2D eigenvalue weighted by molar-refractivity contribution is -0.384. The molecule has 0 aliphatic carbocycles. The fraction of sp³-hybridized carbons (Fsp3) is 0.0556. The molecule has 28 heavy (non-hydrogen) atoms. The zero-order valence-electron chi connectivity index (χ0n) is 14.3. The molecule has 2 aromatic rings. The number of amides is 2. The molecule has 0 aliphatic rings. The number of rotatable bonds is 8. The zero-order valence-corrected chi connectivity index (χ0v) is 15.1. The lowest BCUT2D eigenvalue weighted by Gasteiger charge is -2.07. The molecular weight excluding hydrogens is 386 g/mol. The highest BCUT2D eigenvalue weighted by Crippen LogP contribution is 2.22. The number of carboxylic acids is 1. The van der Waals surface area contributed by atoms with Crippen LogP contribution < -0.4 is 10.6 Å². The van der Waals surface area contributed by atoms with Crippen LogP contribution in [0.1, 0.15) is 0 Å². The molecule has 3 N–H and O–H groups in total. The fourth-order valence-electron chi connectivity index (χ4n) is 2.01. The first-order valence-electron chi connectivity index (χ1n) is 7.82. The Balaban J connectivity index is 1.88. The number of carbonyl (C=O) groups excluding carboxylic acids is 2. The molecule has 0 bridgehead atoms. The van der Waals surface area contributed by atoms with Crippen LogP contribution >= 0.6 is 11.8 Å². The van der Waals surface area contributed by atoms with Crippen molar-refractivity contribution >= 4 is 46.6 Å². The molecule has 2 amide bonds. The summed E-state index contributed by atoms with van der Waals surface area (Å²) in [6, 6.07) is 12.2. The highest BCUT2D eigenvalue weighted by atomic mass is 32.2. The Bertz CT molecular complexity index is 927. The highest BCUT2D eigenvalue weighted by molar-refractivity contribution is 8.00. The maximum absolute atomic E-state index is 12.0. The second-order valence-electron chi connectivity index (χ2n) is 5.33. The number of thioether (sulfide) groups is 1. The van der Waals surface area contributed by atoms with Gasteiger partial charge in [0.2, 0.25) is 11.8 Å². The second kappa shape index (κ2) is 9.88. The van der Waals surface area contributed by atoms with Gasteiger partial charge in [0.15, 0.2) is 0 Å². The third kappa shape index (κ3) is 6.92. The molecule has 0 aromatic heterocycles. The van der Waals surface area contributed by atoms with Crippen molar-refractivity contribution in [2.45, 2.75) is 4.90 Å². The van der Waals surface area contributed by atoms with Crippen molar-refractivity contribution in [1.82, 2.24) is 0 Å². The van der Waals surface area contributed by atoms with Gasteiger partial charge in [0.1, 0.15) is 0 Å². The van der Waals surface area contributed by atoms with Gasteiger partial charge in [-0.05, 0) is 30.3 Å². The molecule has 0 saturated heterocycles. The Morgan fingerprint density at radius 3 is 2.39 bits per heavy atom. The predicted molar refractivity (Wildman–Crippen MR) is 104 cm³/mol. The number of hydrogen-bond acceptors (Lipinski definition) is 6. The standard InChI is InChI=1S/C18H15N3O6S/c22-16(8-9-18(24)25)20-13-2-1-3-15(10-13)28-11-17(23)19-12-4-6-14(7-5-12)21(26)27/h1-10H,11H2,(H,19,23)(H,20,22)(H,24,25)/b9-8+. The summed E-state index contributed by atoms with van der Waals surface area (Å²) in [6.45, 7) is 0. The summed E-state index contributed by atoms with van der Waals surface area (Å²) in [7, 11) is 0. The molecule has 0 aliphatic heterocycles. The van der Waals surface area contributed by atoms with Crippen LogP contribution in [0.4, 0.5) is 17.1 Å². The van der Waals surface area contributed by atoms with Crippen LogP contribution in [0.3, 0.4) is 0 Å². The van der Waals surface area contributed by atoms with Gasteiger partial charge in [-0.15, -0.1) is 11.8 Å². The quantitative estimate of drug-likeness (QED) is 0.267. The van der Waals surface area contributed by atoms with Gasteiger partial charge >= 0.3 is 5.97 Å². The van der Waals surface area contributed by atoms with Crippen molar-refractivity contribution in [2.24, 2.45) is 0 Å². The maximum Gasteiger partial charge on any atom is 0.328 e. The Morgan fingerprint density at radius 1 is 1.04 bits per heavy atom. The minimum atomic E-state index is -1.22. The lowest BCUT2D eigenvalue weighted by atomic mass is 10.3. The zero-order chi connectivity index (χ0) is 20.5. The number of nitro benzene ring substituents is 1. The molecule has 0 radical (unpaired) electrons. The molecule has 2 aromatic carbocycles. The molecule has 0 fully saturated rings. The molecule has 10 heteroatoms. The van der Waals surface area contributed by atoms with E-state index in [9.17, 15) is 24.5 Å². The Hall–Kier alpha value is -3.66. The van der Waals surface area contributed by atoms with Gasteiger partial charge in [0.25, 0.3) is 5.69 Å². The van der Waals surface area contributed by atoms with E-state index in [1.54, 1.807) is 24.3 Å². The number of carboxylic acid groups (broad SMARTS) is 1. The second-order valence-corrected chi connectivity index (χ2v) is 6.38. The summed E-state index contributed by atoms with van der Waals surface area (Å²) in [5, 5.41) is 24.3. The van der Waals surface area contributed by atoms with Crippen LogP contribution in [0.15, 0.2) is 65.6 Å². The third-order valence-corrected chi connectivity index (χ3v) is 4.20. The fourth-order valence-corrected chi connectivity index (χ4v) is 2.76. The van der Waals surface area contributed by atoms with E-state index in [1.165, 1.54) is 36.0 Å². The average Bonchev–Trinajstić information content (AvgIpc) is 2.65. The predicted octanol–water partition coefficient (Wildman–Crippen LogP) is 2.90. The number of nitro groups is 1. The smallest absolute Gasteiger partial charge is 0.328 e. The van der Waals surface area contributed by atoms with Crippen molar-refractivity contribution in [3.8, 4) is 0 Å². The van der Waals surface area contributed by atoms with Crippen LogP contribution in [-0.4, -0.2) is 33.6 Å². The van der Waals surface area contributed by atoms with Gasteiger partial charge in [-0.1, -0.05) is 6.07 Å². The summed E-state index contributed by atoms with van der Waals surface area (Å²) in [6.07, 6.45) is 1.64. The van der Waals surface area contributed by atoms with E-state index in [4.69, 9.17) is 5.11 Å². The first kappa shape index (κ1) is 20.6. The van der Waals surface area contributed by atoms with Gasteiger partial charge in [-0.3, -0.25) is 19.7 Å². The van der Waals surface area contributed by atoms with Crippen molar-refractivity contribution in [1.29, 1.82) is 0 Å². The van der Waals surface area contributed by atoms with Crippen LogP contribution in [0, 0.1) is 10.1 Å². The summed E-state index contributed by atoms with van der Waals surface area (Å²) < 4.78 is 0. The minimum absolute atomic E-state index is 0.0653. The number of non-ortho nitro benzene ring substituents is 1. The van der Waals surface area contributed by atoms with Crippen LogP contribution in [0.25, 0.3) is 0 Å². The monoisotopic (exact) mass is 401 g/mol. The van der Waals surface area contributed by atoms with E-state index in [-0.39, 0.29) is 17.3 Å². The van der Waals surface area contributed by atoms with Gasteiger partial charge < -0.3 is 15.7 Å². The van der Waals surface area contributed by atoms with Crippen LogP contribution in [0.2, 0.25) is 0 Å². The van der Waals surface area contributed by atoms with Crippen molar-refractivity contribution in [2.75, 3.05) is 16.4 Å². The molecule has 144 valence electrons. The maximum atomic E-state index is 12.0. The number of nitrogens with one attached hydrogen (secondary N) is 2. The average molecular weight is 401 g/mol. The number of carbonyl (C=O) groups is 3. The Morgan fingerprint density at radius 2 is 1.75 bits per heavy atom. The summed E-state index contributed by atoms with van der Waals surface area (Å²) in [4.78, 5) is 44.8. The highest BCUT2D eigenvalue weighted by Gasteiger charge is 2.08.